The van der Waals surface area contributed by atoms with Gasteiger partial charge in [-0.25, -0.2) is 0 Å². The highest BCUT2D eigenvalue weighted by Gasteiger charge is 2.36. The van der Waals surface area contributed by atoms with Crippen LogP contribution in [0.3, 0.4) is 0 Å². The summed E-state index contributed by atoms with van der Waals surface area (Å²) < 4.78 is 5.07. The van der Waals surface area contributed by atoms with Crippen LogP contribution >= 0.6 is 0 Å². The van der Waals surface area contributed by atoms with Crippen molar-refractivity contribution >= 4 is 23.2 Å². The van der Waals surface area contributed by atoms with Crippen molar-refractivity contribution in [2.45, 2.75) is 13.3 Å². The number of ether oxygens (including phenoxy) is 1. The van der Waals surface area contributed by atoms with Crippen molar-refractivity contribution in [1.82, 2.24) is 0 Å². The van der Waals surface area contributed by atoms with Crippen LogP contribution in [0.2, 0.25) is 0 Å². The predicted octanol–water partition coefficient (Wildman–Crippen LogP) is 1.18. The number of nitrogen functional groups attached to an aromatic ring is 1. The molecule has 1 aromatic rings. The molecule has 1 aliphatic heterocycles. The maximum atomic E-state index is 11.8. The van der Waals surface area contributed by atoms with Gasteiger partial charge in [0.1, 0.15) is 5.75 Å². The first-order valence-electron chi connectivity index (χ1n) is 5.35. The van der Waals surface area contributed by atoms with E-state index in [1.807, 2.05) is 0 Å². The highest BCUT2D eigenvalue weighted by atomic mass is 16.5. The zero-order valence-corrected chi connectivity index (χ0v) is 9.77. The zero-order valence-electron chi connectivity index (χ0n) is 9.77. The van der Waals surface area contributed by atoms with E-state index in [1.165, 1.54) is 12.0 Å². The standard InChI is InChI=1S/C12H14N2O3/c1-7-5-11(15)14(12(7)16)8-3-4-9(13)10(6-8)17-2/h3-4,6-7H,5,13H2,1-2H3. The number of hydrogen-bond acceptors (Lipinski definition) is 4. The fourth-order valence-electron chi connectivity index (χ4n) is 1.89. The topological polar surface area (TPSA) is 72.6 Å². The normalized spacial score (nSPS) is 19.9. The zero-order chi connectivity index (χ0) is 12.6. The van der Waals surface area contributed by atoms with E-state index in [4.69, 9.17) is 10.5 Å². The maximum Gasteiger partial charge on any atom is 0.237 e. The fourth-order valence-corrected chi connectivity index (χ4v) is 1.89. The van der Waals surface area contributed by atoms with E-state index in [-0.39, 0.29) is 24.2 Å². The summed E-state index contributed by atoms with van der Waals surface area (Å²) in [6, 6.07) is 4.87. The lowest BCUT2D eigenvalue weighted by atomic mass is 10.1. The second-order valence-electron chi connectivity index (χ2n) is 4.10. The van der Waals surface area contributed by atoms with Gasteiger partial charge in [0.05, 0.1) is 18.5 Å². The lowest BCUT2D eigenvalue weighted by Crippen LogP contribution is -2.29. The van der Waals surface area contributed by atoms with Crippen LogP contribution in [0.1, 0.15) is 13.3 Å². The molecule has 1 saturated heterocycles. The van der Waals surface area contributed by atoms with Gasteiger partial charge < -0.3 is 10.5 Å². The van der Waals surface area contributed by atoms with Crippen molar-refractivity contribution in [3.05, 3.63) is 18.2 Å². The molecule has 2 N–H and O–H groups in total. The highest BCUT2D eigenvalue weighted by Crippen LogP contribution is 2.31. The molecule has 1 aliphatic rings. The van der Waals surface area contributed by atoms with Crippen molar-refractivity contribution < 1.29 is 14.3 Å². The van der Waals surface area contributed by atoms with Crippen LogP contribution in [-0.4, -0.2) is 18.9 Å². The van der Waals surface area contributed by atoms with Gasteiger partial charge in [0.15, 0.2) is 0 Å². The van der Waals surface area contributed by atoms with Crippen LogP contribution in [0.25, 0.3) is 0 Å². The summed E-state index contributed by atoms with van der Waals surface area (Å²) in [5.41, 5.74) is 6.67. The van der Waals surface area contributed by atoms with E-state index in [9.17, 15) is 9.59 Å². The molecule has 1 heterocycles. The van der Waals surface area contributed by atoms with E-state index >= 15 is 0 Å². The van der Waals surface area contributed by atoms with Crippen molar-refractivity contribution in [2.24, 2.45) is 5.92 Å². The summed E-state index contributed by atoms with van der Waals surface area (Å²) in [6.07, 6.45) is 0.255. The van der Waals surface area contributed by atoms with Gasteiger partial charge in [0.25, 0.3) is 0 Å². The van der Waals surface area contributed by atoms with Gasteiger partial charge in [-0.05, 0) is 12.1 Å². The predicted molar refractivity (Wildman–Crippen MR) is 63.7 cm³/mol. The number of nitrogens with zero attached hydrogens (tertiary/aromatic N) is 1. The van der Waals surface area contributed by atoms with Gasteiger partial charge in [-0.2, -0.15) is 0 Å². The third kappa shape index (κ3) is 1.84. The molecule has 90 valence electrons. The van der Waals surface area contributed by atoms with Crippen molar-refractivity contribution in [3.63, 3.8) is 0 Å². The lowest BCUT2D eigenvalue weighted by Gasteiger charge is -2.16. The second kappa shape index (κ2) is 4.08. The third-order valence-electron chi connectivity index (χ3n) is 2.85. The summed E-state index contributed by atoms with van der Waals surface area (Å²) in [4.78, 5) is 24.7. The number of nitrogens with two attached hydrogens (primary N) is 1. The smallest absolute Gasteiger partial charge is 0.237 e. The number of amides is 2. The first-order valence-corrected chi connectivity index (χ1v) is 5.35. The Morgan fingerprint density at radius 1 is 1.41 bits per heavy atom. The molecule has 2 amide bonds. The Balaban J connectivity index is 2.41. The van der Waals surface area contributed by atoms with Crippen LogP contribution in [0.5, 0.6) is 5.75 Å². The summed E-state index contributed by atoms with van der Waals surface area (Å²) >= 11 is 0. The first kappa shape index (κ1) is 11.4. The van der Waals surface area contributed by atoms with E-state index < -0.39 is 0 Å². The highest BCUT2D eigenvalue weighted by molar-refractivity contribution is 6.20. The molecule has 0 radical (unpaired) electrons. The number of methoxy groups -OCH3 is 1. The minimum absolute atomic E-state index is 0.179. The quantitative estimate of drug-likeness (QED) is 0.616. The largest absolute Gasteiger partial charge is 0.495 e. The number of hydrogen-bond donors (Lipinski definition) is 1. The van der Waals surface area contributed by atoms with Gasteiger partial charge in [-0.3, -0.25) is 14.5 Å². The number of anilines is 2. The van der Waals surface area contributed by atoms with Crippen molar-refractivity contribution in [1.29, 1.82) is 0 Å². The van der Waals surface area contributed by atoms with E-state index in [0.29, 0.717) is 17.1 Å². The molecule has 1 aromatic carbocycles. The molecule has 0 saturated carbocycles. The van der Waals surface area contributed by atoms with E-state index in [1.54, 1.807) is 25.1 Å². The molecule has 5 heteroatoms. The van der Waals surface area contributed by atoms with E-state index in [2.05, 4.69) is 0 Å². The Morgan fingerprint density at radius 3 is 2.65 bits per heavy atom. The van der Waals surface area contributed by atoms with Gasteiger partial charge in [-0.1, -0.05) is 6.92 Å². The number of rotatable bonds is 2. The molecule has 1 unspecified atom stereocenters. The minimum atomic E-state index is -0.258. The number of benzene rings is 1. The molecule has 5 nitrogen and oxygen atoms in total. The first-order chi connectivity index (χ1) is 8.04. The molecular formula is C12H14N2O3. The van der Waals surface area contributed by atoms with Gasteiger partial charge in [0.2, 0.25) is 11.8 Å². The monoisotopic (exact) mass is 234 g/mol. The van der Waals surface area contributed by atoms with Crippen LogP contribution in [0.4, 0.5) is 11.4 Å². The maximum absolute atomic E-state index is 11.8. The SMILES string of the molecule is COc1cc(N2C(=O)CC(C)C2=O)ccc1N. The van der Waals surface area contributed by atoms with Crippen molar-refractivity contribution in [3.8, 4) is 5.75 Å². The molecular weight excluding hydrogens is 220 g/mol. The van der Waals surface area contributed by atoms with Crippen LogP contribution in [-0.2, 0) is 9.59 Å². The Morgan fingerprint density at radius 2 is 2.12 bits per heavy atom. The Labute approximate surface area is 99.2 Å². The van der Waals surface area contributed by atoms with Gasteiger partial charge >= 0.3 is 0 Å². The molecule has 0 aromatic heterocycles. The Bertz CT molecular complexity index is 485. The minimum Gasteiger partial charge on any atom is -0.495 e. The van der Waals surface area contributed by atoms with Gasteiger partial charge in [0, 0.05) is 18.4 Å². The molecule has 0 spiro atoms. The molecule has 0 aliphatic carbocycles. The molecule has 17 heavy (non-hydrogen) atoms. The number of imide groups is 1. The van der Waals surface area contributed by atoms with Crippen molar-refractivity contribution in [2.75, 3.05) is 17.7 Å². The molecule has 1 fully saturated rings. The lowest BCUT2D eigenvalue weighted by molar-refractivity contribution is -0.122. The number of carbonyl (C=O) groups is 2. The van der Waals surface area contributed by atoms with Gasteiger partial charge in [-0.15, -0.1) is 0 Å². The third-order valence-corrected chi connectivity index (χ3v) is 2.85. The summed E-state index contributed by atoms with van der Waals surface area (Å²) in [7, 11) is 1.49. The average molecular weight is 234 g/mol. The summed E-state index contributed by atoms with van der Waals surface area (Å²) in [5.74, 6) is -0.162. The van der Waals surface area contributed by atoms with Crippen LogP contribution < -0.4 is 15.4 Å². The molecule has 0 bridgehead atoms. The Kier molecular flexibility index (Phi) is 2.75. The van der Waals surface area contributed by atoms with E-state index in [0.717, 1.165) is 0 Å². The Hall–Kier alpha value is -2.04. The average Bonchev–Trinajstić information content (AvgIpc) is 2.55. The van der Waals surface area contributed by atoms with Crippen LogP contribution in [0.15, 0.2) is 18.2 Å². The van der Waals surface area contributed by atoms with Crippen LogP contribution in [0, 0.1) is 5.92 Å². The fraction of sp³-hybridized carbons (Fsp3) is 0.333. The second-order valence-corrected chi connectivity index (χ2v) is 4.10. The summed E-state index contributed by atoms with van der Waals surface area (Å²) in [5, 5.41) is 0. The summed E-state index contributed by atoms with van der Waals surface area (Å²) in [6.45, 7) is 1.74. The molecule has 1 atom stereocenters. The number of carbonyl (C=O) groups excluding carboxylic acids is 2. The molecule has 2 rings (SSSR count).